The van der Waals surface area contributed by atoms with Gasteiger partial charge < -0.3 is 15.3 Å². The molecule has 0 aliphatic rings. The molecule has 4 N–H and O–H groups in total. The van der Waals surface area contributed by atoms with Gasteiger partial charge in [0.25, 0.3) is 5.91 Å². The highest BCUT2D eigenvalue weighted by Gasteiger charge is 2.09. The number of phenolic OH excluding ortho intramolecular Hbond substituents is 3. The van der Waals surface area contributed by atoms with Crippen LogP contribution in [0, 0.1) is 0 Å². The first-order valence-corrected chi connectivity index (χ1v) is 6.19. The minimum absolute atomic E-state index is 0.140. The first-order valence-electron chi connectivity index (χ1n) is 5.82. The van der Waals surface area contributed by atoms with E-state index in [0.717, 1.165) is 6.21 Å². The van der Waals surface area contributed by atoms with Gasteiger partial charge in [0.15, 0.2) is 11.5 Å². The molecular formula is C14H11ClN2O4. The Morgan fingerprint density at radius 2 is 1.71 bits per heavy atom. The Balaban J connectivity index is 2.07. The molecule has 0 bridgehead atoms. The third-order valence-corrected chi connectivity index (χ3v) is 2.89. The van der Waals surface area contributed by atoms with Gasteiger partial charge in [-0.25, -0.2) is 5.43 Å². The molecule has 0 heterocycles. The number of hydrazone groups is 1. The van der Waals surface area contributed by atoms with Crippen molar-refractivity contribution in [3.63, 3.8) is 0 Å². The number of rotatable bonds is 3. The molecule has 2 aromatic carbocycles. The fraction of sp³-hybridized carbons (Fsp3) is 0. The van der Waals surface area contributed by atoms with Crippen molar-refractivity contribution in [2.45, 2.75) is 0 Å². The van der Waals surface area contributed by atoms with Crippen LogP contribution in [0.3, 0.4) is 0 Å². The van der Waals surface area contributed by atoms with Crippen LogP contribution in [-0.2, 0) is 0 Å². The van der Waals surface area contributed by atoms with Gasteiger partial charge >= 0.3 is 0 Å². The summed E-state index contributed by atoms with van der Waals surface area (Å²) in [5.41, 5.74) is 2.77. The van der Waals surface area contributed by atoms with Crippen LogP contribution < -0.4 is 5.43 Å². The van der Waals surface area contributed by atoms with E-state index in [1.54, 1.807) is 12.1 Å². The molecule has 0 atom stereocenters. The predicted molar refractivity (Wildman–Crippen MR) is 77.9 cm³/mol. The molecular weight excluding hydrogens is 296 g/mol. The third kappa shape index (κ3) is 3.43. The number of hydrogen-bond donors (Lipinski definition) is 4. The number of carbonyl (C=O) groups excluding carboxylic acids is 1. The maximum absolute atomic E-state index is 11.7. The standard InChI is InChI=1S/C14H11ClN2O4/c15-10-4-1-8(2-5-10)14(21)17-16-7-9-3-6-11(18)13(20)12(9)19/h1-7,18-20H,(H,17,21)/b16-7+. The second-order valence-electron chi connectivity index (χ2n) is 4.08. The Morgan fingerprint density at radius 3 is 2.38 bits per heavy atom. The number of amides is 1. The van der Waals surface area contributed by atoms with Gasteiger partial charge in [0.2, 0.25) is 5.75 Å². The Kier molecular flexibility index (Phi) is 4.30. The molecule has 2 aromatic rings. The summed E-state index contributed by atoms with van der Waals surface area (Å²) in [5.74, 6) is -2.08. The van der Waals surface area contributed by atoms with Gasteiger partial charge in [0, 0.05) is 16.1 Å². The van der Waals surface area contributed by atoms with Crippen LogP contribution in [0.15, 0.2) is 41.5 Å². The average molecular weight is 307 g/mol. The molecule has 0 radical (unpaired) electrons. The van der Waals surface area contributed by atoms with Gasteiger partial charge in [-0.1, -0.05) is 11.6 Å². The molecule has 0 fully saturated rings. The molecule has 1 amide bonds. The molecule has 0 saturated carbocycles. The first kappa shape index (κ1) is 14.7. The molecule has 0 saturated heterocycles. The smallest absolute Gasteiger partial charge is 0.271 e. The zero-order chi connectivity index (χ0) is 15.4. The highest BCUT2D eigenvalue weighted by Crippen LogP contribution is 2.36. The lowest BCUT2D eigenvalue weighted by atomic mass is 10.2. The van der Waals surface area contributed by atoms with Gasteiger partial charge in [-0.15, -0.1) is 0 Å². The van der Waals surface area contributed by atoms with Crippen LogP contribution in [0.1, 0.15) is 15.9 Å². The van der Waals surface area contributed by atoms with E-state index in [1.807, 2.05) is 0 Å². The van der Waals surface area contributed by atoms with Gasteiger partial charge in [0.1, 0.15) is 0 Å². The highest BCUT2D eigenvalue weighted by molar-refractivity contribution is 6.30. The van der Waals surface area contributed by atoms with Gasteiger partial charge in [0.05, 0.1) is 6.21 Å². The lowest BCUT2D eigenvalue weighted by molar-refractivity contribution is 0.0955. The summed E-state index contributed by atoms with van der Waals surface area (Å²) < 4.78 is 0. The van der Waals surface area contributed by atoms with Crippen molar-refractivity contribution in [2.24, 2.45) is 5.10 Å². The molecule has 7 heteroatoms. The fourth-order valence-electron chi connectivity index (χ4n) is 1.52. The molecule has 0 aliphatic carbocycles. The van der Waals surface area contributed by atoms with Crippen LogP contribution >= 0.6 is 11.6 Å². The quantitative estimate of drug-likeness (QED) is 0.396. The van der Waals surface area contributed by atoms with Gasteiger partial charge in [-0.05, 0) is 36.4 Å². The Hall–Kier alpha value is -2.73. The zero-order valence-electron chi connectivity index (χ0n) is 10.6. The number of nitrogens with zero attached hydrogens (tertiary/aromatic N) is 1. The summed E-state index contributed by atoms with van der Waals surface area (Å²) in [6.45, 7) is 0. The molecule has 6 nitrogen and oxygen atoms in total. The maximum atomic E-state index is 11.7. The average Bonchev–Trinajstić information content (AvgIpc) is 2.48. The fourth-order valence-corrected chi connectivity index (χ4v) is 1.64. The second-order valence-corrected chi connectivity index (χ2v) is 4.51. The summed E-state index contributed by atoms with van der Waals surface area (Å²) in [7, 11) is 0. The van der Waals surface area contributed by atoms with Crippen molar-refractivity contribution < 1.29 is 20.1 Å². The van der Waals surface area contributed by atoms with Crippen LogP contribution in [0.2, 0.25) is 5.02 Å². The van der Waals surface area contributed by atoms with Crippen LogP contribution in [0.5, 0.6) is 17.2 Å². The largest absolute Gasteiger partial charge is 0.504 e. The molecule has 108 valence electrons. The Morgan fingerprint density at radius 1 is 1.05 bits per heavy atom. The number of halogens is 1. The van der Waals surface area contributed by atoms with Crippen molar-refractivity contribution in [1.82, 2.24) is 5.43 Å². The zero-order valence-corrected chi connectivity index (χ0v) is 11.4. The minimum atomic E-state index is -0.650. The summed E-state index contributed by atoms with van der Waals surface area (Å²) in [6, 6.07) is 8.75. The molecule has 0 aromatic heterocycles. The van der Waals surface area contributed by atoms with Crippen molar-refractivity contribution >= 4 is 23.7 Å². The number of hydrogen-bond acceptors (Lipinski definition) is 5. The summed E-state index contributed by atoms with van der Waals surface area (Å²) in [5, 5.41) is 32.3. The summed E-state index contributed by atoms with van der Waals surface area (Å²) >= 11 is 5.71. The monoisotopic (exact) mass is 306 g/mol. The molecule has 0 unspecified atom stereocenters. The van der Waals surface area contributed by atoms with Crippen molar-refractivity contribution in [2.75, 3.05) is 0 Å². The van der Waals surface area contributed by atoms with E-state index >= 15 is 0 Å². The minimum Gasteiger partial charge on any atom is -0.504 e. The molecule has 0 aliphatic heterocycles. The van der Waals surface area contributed by atoms with E-state index in [-0.39, 0.29) is 5.56 Å². The van der Waals surface area contributed by atoms with Crippen LogP contribution in [0.4, 0.5) is 0 Å². The van der Waals surface area contributed by atoms with Crippen molar-refractivity contribution in [3.05, 3.63) is 52.5 Å². The Labute approximate surface area is 124 Å². The number of phenols is 3. The number of carbonyl (C=O) groups is 1. The van der Waals surface area contributed by atoms with E-state index in [9.17, 15) is 20.1 Å². The van der Waals surface area contributed by atoms with Crippen molar-refractivity contribution in [3.8, 4) is 17.2 Å². The summed E-state index contributed by atoms with van der Waals surface area (Å²) in [4.78, 5) is 11.7. The second kappa shape index (κ2) is 6.15. The van der Waals surface area contributed by atoms with E-state index < -0.39 is 23.2 Å². The summed E-state index contributed by atoms with van der Waals surface area (Å²) in [6.07, 6.45) is 1.14. The molecule has 0 spiro atoms. The van der Waals surface area contributed by atoms with Crippen LogP contribution in [-0.4, -0.2) is 27.4 Å². The third-order valence-electron chi connectivity index (χ3n) is 2.64. The Bertz CT molecular complexity index is 699. The van der Waals surface area contributed by atoms with E-state index in [4.69, 9.17) is 11.6 Å². The first-order chi connectivity index (χ1) is 9.99. The lowest BCUT2D eigenvalue weighted by Gasteiger charge is -2.03. The SMILES string of the molecule is O=C(N/N=C/c1ccc(O)c(O)c1O)c1ccc(Cl)cc1. The highest BCUT2D eigenvalue weighted by atomic mass is 35.5. The van der Waals surface area contributed by atoms with Gasteiger partial charge in [-0.2, -0.15) is 5.10 Å². The number of nitrogens with one attached hydrogen (secondary N) is 1. The lowest BCUT2D eigenvalue weighted by Crippen LogP contribution is -2.17. The number of benzene rings is 2. The van der Waals surface area contributed by atoms with Gasteiger partial charge in [-0.3, -0.25) is 4.79 Å². The number of aromatic hydroxyl groups is 3. The maximum Gasteiger partial charge on any atom is 0.271 e. The van der Waals surface area contributed by atoms with Crippen LogP contribution in [0.25, 0.3) is 0 Å². The molecule has 2 rings (SSSR count). The topological polar surface area (TPSA) is 102 Å². The molecule has 21 heavy (non-hydrogen) atoms. The van der Waals surface area contributed by atoms with Crippen molar-refractivity contribution in [1.29, 1.82) is 0 Å². The van der Waals surface area contributed by atoms with E-state index in [1.165, 1.54) is 24.3 Å². The van der Waals surface area contributed by atoms with E-state index in [2.05, 4.69) is 10.5 Å². The predicted octanol–water partition coefficient (Wildman–Crippen LogP) is 2.22. The normalized spacial score (nSPS) is 10.7. The van der Waals surface area contributed by atoms with E-state index in [0.29, 0.717) is 10.6 Å².